The molecule has 0 saturated heterocycles. The minimum Gasteiger partial charge on any atom is -0.490 e. The fourth-order valence-electron chi connectivity index (χ4n) is 2.65. The van der Waals surface area contributed by atoms with Crippen molar-refractivity contribution < 1.29 is 14.3 Å². The van der Waals surface area contributed by atoms with Crippen molar-refractivity contribution in [3.63, 3.8) is 0 Å². The number of amides is 1. The second kappa shape index (κ2) is 7.92. The lowest BCUT2D eigenvalue weighted by Crippen LogP contribution is -2.27. The van der Waals surface area contributed by atoms with Crippen LogP contribution >= 0.6 is 0 Å². The maximum absolute atomic E-state index is 12.6. The zero-order valence-electron chi connectivity index (χ0n) is 15.4. The number of nitrogen functional groups attached to an aromatic ring is 1. The van der Waals surface area contributed by atoms with Crippen LogP contribution in [0.1, 0.15) is 48.4 Å². The van der Waals surface area contributed by atoms with E-state index in [1.54, 1.807) is 14.0 Å². The molecule has 0 saturated carbocycles. The summed E-state index contributed by atoms with van der Waals surface area (Å²) in [4.78, 5) is 12.6. The Bertz CT molecular complexity index is 755. The smallest absolute Gasteiger partial charge is 0.257 e. The van der Waals surface area contributed by atoms with E-state index in [-0.39, 0.29) is 11.9 Å². The van der Waals surface area contributed by atoms with Crippen molar-refractivity contribution in [3.05, 3.63) is 35.0 Å². The summed E-state index contributed by atoms with van der Waals surface area (Å²) in [6.45, 7) is 8.61. The zero-order valence-corrected chi connectivity index (χ0v) is 15.4. The van der Waals surface area contributed by atoms with Crippen LogP contribution in [0.15, 0.2) is 18.2 Å². The second-order valence-corrected chi connectivity index (χ2v) is 5.74. The van der Waals surface area contributed by atoms with Gasteiger partial charge >= 0.3 is 0 Å². The highest BCUT2D eigenvalue weighted by Gasteiger charge is 2.20. The van der Waals surface area contributed by atoms with Gasteiger partial charge in [0, 0.05) is 7.05 Å². The number of hydrogen-bond acceptors (Lipinski definition) is 5. The third-order valence-corrected chi connectivity index (χ3v) is 3.91. The van der Waals surface area contributed by atoms with E-state index in [0.29, 0.717) is 41.8 Å². The summed E-state index contributed by atoms with van der Waals surface area (Å²) in [5.41, 5.74) is 7.87. The van der Waals surface area contributed by atoms with Gasteiger partial charge in [0.1, 0.15) is 11.4 Å². The molecule has 0 fully saturated rings. The number of rotatable bonds is 7. The molecule has 3 N–H and O–H groups in total. The average molecular weight is 346 g/mol. The van der Waals surface area contributed by atoms with Crippen molar-refractivity contribution in [2.24, 2.45) is 7.05 Å². The standard InChI is InChI=1S/C18H26N4O3/c1-6-24-14-9-8-13(10-15(14)25-7-2)11(3)20-18(23)16-12(4)21-22(5)17(16)19/h8-11H,6-7,19H2,1-5H3,(H,20,23)/t11-/m1/s1. The third-order valence-electron chi connectivity index (χ3n) is 3.91. The summed E-state index contributed by atoms with van der Waals surface area (Å²) in [6, 6.07) is 5.44. The lowest BCUT2D eigenvalue weighted by atomic mass is 10.1. The van der Waals surface area contributed by atoms with Gasteiger partial charge in [0.2, 0.25) is 0 Å². The average Bonchev–Trinajstić information content (AvgIpc) is 2.82. The van der Waals surface area contributed by atoms with Crippen molar-refractivity contribution in [3.8, 4) is 11.5 Å². The molecule has 1 heterocycles. The number of anilines is 1. The molecule has 2 rings (SSSR count). The maximum atomic E-state index is 12.6. The molecule has 2 aromatic rings. The summed E-state index contributed by atoms with van der Waals surface area (Å²) >= 11 is 0. The summed E-state index contributed by atoms with van der Waals surface area (Å²) < 4.78 is 12.7. The largest absolute Gasteiger partial charge is 0.490 e. The Morgan fingerprint density at radius 2 is 1.92 bits per heavy atom. The van der Waals surface area contributed by atoms with Crippen molar-refractivity contribution in [1.82, 2.24) is 15.1 Å². The van der Waals surface area contributed by atoms with Crippen molar-refractivity contribution >= 4 is 11.7 Å². The van der Waals surface area contributed by atoms with Gasteiger partial charge < -0.3 is 20.5 Å². The van der Waals surface area contributed by atoms with E-state index in [2.05, 4.69) is 10.4 Å². The quantitative estimate of drug-likeness (QED) is 0.804. The van der Waals surface area contributed by atoms with Crippen molar-refractivity contribution in [2.75, 3.05) is 18.9 Å². The SMILES string of the molecule is CCOc1ccc([C@@H](C)NC(=O)c2c(C)nn(C)c2N)cc1OCC. The van der Waals surface area contributed by atoms with E-state index in [9.17, 15) is 4.79 Å². The van der Waals surface area contributed by atoms with Crippen molar-refractivity contribution in [1.29, 1.82) is 0 Å². The Hall–Kier alpha value is -2.70. The van der Waals surface area contributed by atoms with E-state index >= 15 is 0 Å². The molecule has 0 aliphatic carbocycles. The van der Waals surface area contributed by atoms with Crippen LogP contribution < -0.4 is 20.5 Å². The Morgan fingerprint density at radius 1 is 1.28 bits per heavy atom. The number of aryl methyl sites for hydroxylation is 2. The van der Waals surface area contributed by atoms with Crippen LogP contribution in [0.5, 0.6) is 11.5 Å². The van der Waals surface area contributed by atoms with Crippen molar-refractivity contribution in [2.45, 2.75) is 33.7 Å². The molecule has 1 aromatic heterocycles. The molecule has 1 atom stereocenters. The van der Waals surface area contributed by atoms with Crippen LogP contribution in [-0.4, -0.2) is 28.9 Å². The Labute approximate surface area is 148 Å². The minimum absolute atomic E-state index is 0.221. The molecular weight excluding hydrogens is 320 g/mol. The molecular formula is C18H26N4O3. The number of ether oxygens (including phenoxy) is 2. The molecule has 1 aromatic carbocycles. The Morgan fingerprint density at radius 3 is 2.48 bits per heavy atom. The summed E-state index contributed by atoms with van der Waals surface area (Å²) in [5, 5.41) is 7.14. The van der Waals surface area contributed by atoms with Crippen LogP contribution in [0.4, 0.5) is 5.82 Å². The van der Waals surface area contributed by atoms with Gasteiger partial charge in [0.05, 0.1) is 24.9 Å². The van der Waals surface area contributed by atoms with Gasteiger partial charge in [-0.25, -0.2) is 0 Å². The fourth-order valence-corrected chi connectivity index (χ4v) is 2.65. The first kappa shape index (κ1) is 18.6. The van der Waals surface area contributed by atoms with Crippen LogP contribution in [0.25, 0.3) is 0 Å². The van der Waals surface area contributed by atoms with Gasteiger partial charge in [0.25, 0.3) is 5.91 Å². The summed E-state index contributed by atoms with van der Waals surface area (Å²) in [5.74, 6) is 1.46. The minimum atomic E-state index is -0.248. The van der Waals surface area contributed by atoms with Gasteiger partial charge in [-0.15, -0.1) is 0 Å². The molecule has 136 valence electrons. The number of nitrogens with zero attached hydrogens (tertiary/aromatic N) is 2. The van der Waals surface area contributed by atoms with E-state index in [1.807, 2.05) is 39.0 Å². The van der Waals surface area contributed by atoms with Gasteiger partial charge in [-0.3, -0.25) is 9.48 Å². The lowest BCUT2D eigenvalue weighted by Gasteiger charge is -2.17. The fraction of sp³-hybridized carbons (Fsp3) is 0.444. The van der Waals surface area contributed by atoms with Crippen LogP contribution in [0.3, 0.4) is 0 Å². The highest BCUT2D eigenvalue weighted by atomic mass is 16.5. The van der Waals surface area contributed by atoms with Gasteiger partial charge in [-0.1, -0.05) is 6.07 Å². The van der Waals surface area contributed by atoms with Gasteiger partial charge in [-0.2, -0.15) is 5.10 Å². The second-order valence-electron chi connectivity index (χ2n) is 5.74. The maximum Gasteiger partial charge on any atom is 0.257 e. The lowest BCUT2D eigenvalue weighted by molar-refractivity contribution is 0.0940. The number of aromatic nitrogens is 2. The van der Waals surface area contributed by atoms with E-state index < -0.39 is 0 Å². The molecule has 0 radical (unpaired) electrons. The monoisotopic (exact) mass is 346 g/mol. The molecule has 0 aliphatic rings. The summed E-state index contributed by atoms with van der Waals surface area (Å²) in [7, 11) is 1.71. The van der Waals surface area contributed by atoms with Crippen LogP contribution in [0.2, 0.25) is 0 Å². The van der Waals surface area contributed by atoms with Gasteiger partial charge in [-0.05, 0) is 45.4 Å². The first-order valence-corrected chi connectivity index (χ1v) is 8.38. The molecule has 0 unspecified atom stereocenters. The number of carbonyl (C=O) groups is 1. The number of benzene rings is 1. The number of nitrogens with two attached hydrogens (primary N) is 1. The zero-order chi connectivity index (χ0) is 18.6. The number of hydrogen-bond donors (Lipinski definition) is 2. The molecule has 0 aliphatic heterocycles. The van der Waals surface area contributed by atoms with Gasteiger partial charge in [0.15, 0.2) is 11.5 Å². The molecule has 7 heteroatoms. The third kappa shape index (κ3) is 4.04. The first-order valence-electron chi connectivity index (χ1n) is 8.38. The molecule has 1 amide bonds. The Kier molecular flexibility index (Phi) is 5.90. The Balaban J connectivity index is 2.21. The topological polar surface area (TPSA) is 91.4 Å². The van der Waals surface area contributed by atoms with Crippen LogP contribution in [-0.2, 0) is 7.05 Å². The highest BCUT2D eigenvalue weighted by Crippen LogP contribution is 2.31. The first-order chi connectivity index (χ1) is 11.9. The number of carbonyl (C=O) groups excluding carboxylic acids is 1. The van der Waals surface area contributed by atoms with E-state index in [1.165, 1.54) is 4.68 Å². The predicted molar refractivity (Wildman–Crippen MR) is 97.0 cm³/mol. The molecule has 25 heavy (non-hydrogen) atoms. The van der Waals surface area contributed by atoms with E-state index in [0.717, 1.165) is 5.56 Å². The summed E-state index contributed by atoms with van der Waals surface area (Å²) in [6.07, 6.45) is 0. The molecule has 7 nitrogen and oxygen atoms in total. The molecule has 0 spiro atoms. The highest BCUT2D eigenvalue weighted by molar-refractivity contribution is 5.99. The normalized spacial score (nSPS) is 11.9. The van der Waals surface area contributed by atoms with E-state index in [4.69, 9.17) is 15.2 Å². The number of nitrogens with one attached hydrogen (secondary N) is 1. The predicted octanol–water partition coefficient (Wildman–Crippen LogP) is 2.60. The van der Waals surface area contributed by atoms with Crippen LogP contribution in [0, 0.1) is 6.92 Å². The molecule has 0 bridgehead atoms.